The molecule has 0 atom stereocenters. The normalized spacial score (nSPS) is 11.4. The van der Waals surface area contributed by atoms with E-state index in [0.717, 1.165) is 11.1 Å². The average Bonchev–Trinajstić information content (AvgIpc) is 2.59. The number of fused-ring (bicyclic) bond motifs is 1. The van der Waals surface area contributed by atoms with Gasteiger partial charge in [-0.3, -0.25) is 0 Å². The quantitative estimate of drug-likeness (QED) is 0.862. The molecule has 0 bridgehead atoms. The molecule has 1 aromatic carbocycles. The van der Waals surface area contributed by atoms with E-state index in [2.05, 4.69) is 25.3 Å². The van der Waals surface area contributed by atoms with Gasteiger partial charge in [-0.15, -0.1) is 11.3 Å². The van der Waals surface area contributed by atoms with Gasteiger partial charge in [0.15, 0.2) is 0 Å². The van der Waals surface area contributed by atoms with Crippen LogP contribution in [0.3, 0.4) is 0 Å². The molecule has 0 spiro atoms. The van der Waals surface area contributed by atoms with Gasteiger partial charge in [0.2, 0.25) is 0 Å². The van der Waals surface area contributed by atoms with Crippen molar-refractivity contribution >= 4 is 33.2 Å². The molecular weight excluding hydrogens is 224 g/mol. The van der Waals surface area contributed by atoms with Gasteiger partial charge in [-0.1, -0.05) is 19.9 Å². The summed E-state index contributed by atoms with van der Waals surface area (Å²) in [6.07, 6.45) is 0. The van der Waals surface area contributed by atoms with Gasteiger partial charge in [0, 0.05) is 15.8 Å². The predicted molar refractivity (Wildman–Crippen MR) is 69.9 cm³/mol. The molecule has 15 heavy (non-hydrogen) atoms. The first kappa shape index (κ1) is 10.8. The zero-order valence-corrected chi connectivity index (χ0v) is 10.5. The zero-order chi connectivity index (χ0) is 10.8. The van der Waals surface area contributed by atoms with E-state index in [9.17, 15) is 5.11 Å². The third-order valence-corrected chi connectivity index (χ3v) is 4.37. The molecule has 0 aliphatic heterocycles. The minimum atomic E-state index is 0.410. The number of aromatic hydroxyl groups is 1. The van der Waals surface area contributed by atoms with Crippen molar-refractivity contribution in [3.05, 3.63) is 29.1 Å². The molecule has 0 aliphatic rings. The predicted octanol–water partition coefficient (Wildman–Crippen LogP) is 4.25. The van der Waals surface area contributed by atoms with Gasteiger partial charge in [0.1, 0.15) is 5.75 Å². The Kier molecular flexibility index (Phi) is 3.22. The smallest absolute Gasteiger partial charge is 0.124 e. The molecule has 0 radical (unpaired) electrons. The van der Waals surface area contributed by atoms with Crippen LogP contribution in [0.5, 0.6) is 5.75 Å². The highest BCUT2D eigenvalue weighted by molar-refractivity contribution is 7.99. The highest BCUT2D eigenvalue weighted by Crippen LogP contribution is 2.35. The van der Waals surface area contributed by atoms with Crippen LogP contribution in [0.4, 0.5) is 0 Å². The highest BCUT2D eigenvalue weighted by Gasteiger charge is 2.08. The minimum Gasteiger partial charge on any atom is -0.507 e. The minimum absolute atomic E-state index is 0.410. The van der Waals surface area contributed by atoms with Gasteiger partial charge in [-0.2, -0.15) is 11.8 Å². The monoisotopic (exact) mass is 238 g/mol. The molecule has 1 aromatic heterocycles. The Bertz CT molecular complexity index is 460. The fourth-order valence-corrected chi connectivity index (χ4v) is 3.32. The lowest BCUT2D eigenvalue weighted by Gasteiger charge is -2.04. The van der Waals surface area contributed by atoms with E-state index in [1.165, 1.54) is 10.3 Å². The second kappa shape index (κ2) is 4.45. The Morgan fingerprint density at radius 3 is 2.93 bits per heavy atom. The second-order valence-corrected chi connectivity index (χ2v) is 6.25. The van der Waals surface area contributed by atoms with Gasteiger partial charge in [-0.25, -0.2) is 0 Å². The van der Waals surface area contributed by atoms with E-state index in [1.54, 1.807) is 17.4 Å². The van der Waals surface area contributed by atoms with E-state index in [0.29, 0.717) is 11.0 Å². The van der Waals surface area contributed by atoms with E-state index in [1.807, 2.05) is 17.8 Å². The van der Waals surface area contributed by atoms with Crippen molar-refractivity contribution in [3.8, 4) is 5.75 Å². The largest absolute Gasteiger partial charge is 0.507 e. The summed E-state index contributed by atoms with van der Waals surface area (Å²) >= 11 is 3.61. The molecule has 2 rings (SSSR count). The summed E-state index contributed by atoms with van der Waals surface area (Å²) in [7, 11) is 0. The fourth-order valence-electron chi connectivity index (χ4n) is 1.50. The van der Waals surface area contributed by atoms with E-state index in [-0.39, 0.29) is 0 Å². The molecule has 2 aromatic rings. The number of thioether (sulfide) groups is 1. The summed E-state index contributed by atoms with van der Waals surface area (Å²) in [4.78, 5) is 0. The lowest BCUT2D eigenvalue weighted by molar-refractivity contribution is 0.481. The first-order valence-corrected chi connectivity index (χ1v) is 6.91. The summed E-state index contributed by atoms with van der Waals surface area (Å²) in [5, 5.41) is 13.6. The van der Waals surface area contributed by atoms with Crippen LogP contribution in [-0.2, 0) is 5.75 Å². The Balaban J connectivity index is 2.35. The molecular formula is C12H14OS2. The SMILES string of the molecule is CC(C)SCc1csc2cccc(O)c12. The summed E-state index contributed by atoms with van der Waals surface area (Å²) in [6, 6.07) is 5.72. The van der Waals surface area contributed by atoms with Crippen LogP contribution >= 0.6 is 23.1 Å². The Morgan fingerprint density at radius 1 is 1.40 bits per heavy atom. The first-order valence-electron chi connectivity index (χ1n) is 4.98. The number of benzene rings is 1. The van der Waals surface area contributed by atoms with Gasteiger partial charge < -0.3 is 5.11 Å². The van der Waals surface area contributed by atoms with Crippen molar-refractivity contribution in [3.63, 3.8) is 0 Å². The zero-order valence-electron chi connectivity index (χ0n) is 8.86. The standard InChI is InChI=1S/C12H14OS2/c1-8(2)14-6-9-7-15-11-5-3-4-10(13)12(9)11/h3-5,7-8,13H,6H2,1-2H3. The maximum absolute atomic E-state index is 9.80. The lowest BCUT2D eigenvalue weighted by atomic mass is 10.2. The van der Waals surface area contributed by atoms with Crippen molar-refractivity contribution in [2.24, 2.45) is 0 Å². The van der Waals surface area contributed by atoms with Gasteiger partial charge in [-0.05, 0) is 28.3 Å². The van der Waals surface area contributed by atoms with Crippen molar-refractivity contribution in [2.45, 2.75) is 24.9 Å². The topological polar surface area (TPSA) is 20.2 Å². The van der Waals surface area contributed by atoms with Crippen LogP contribution in [0.25, 0.3) is 10.1 Å². The van der Waals surface area contributed by atoms with E-state index in [4.69, 9.17) is 0 Å². The van der Waals surface area contributed by atoms with Crippen molar-refractivity contribution in [1.29, 1.82) is 0 Å². The van der Waals surface area contributed by atoms with E-state index < -0.39 is 0 Å². The van der Waals surface area contributed by atoms with Gasteiger partial charge in [0.25, 0.3) is 0 Å². The maximum Gasteiger partial charge on any atom is 0.124 e. The van der Waals surface area contributed by atoms with Crippen molar-refractivity contribution in [1.82, 2.24) is 0 Å². The summed E-state index contributed by atoms with van der Waals surface area (Å²) < 4.78 is 1.18. The number of thiophene rings is 1. The molecule has 0 saturated carbocycles. The molecule has 0 aliphatic carbocycles. The highest BCUT2D eigenvalue weighted by atomic mass is 32.2. The number of hydrogen-bond acceptors (Lipinski definition) is 3. The molecule has 1 N–H and O–H groups in total. The number of hydrogen-bond donors (Lipinski definition) is 1. The lowest BCUT2D eigenvalue weighted by Crippen LogP contribution is -1.87. The number of rotatable bonds is 3. The van der Waals surface area contributed by atoms with Crippen LogP contribution in [0, 0.1) is 0 Å². The molecule has 0 unspecified atom stereocenters. The van der Waals surface area contributed by atoms with Crippen LogP contribution in [0.15, 0.2) is 23.6 Å². The summed E-state index contributed by atoms with van der Waals surface area (Å²) in [5.74, 6) is 1.39. The molecule has 3 heteroatoms. The second-order valence-electron chi connectivity index (χ2n) is 3.77. The van der Waals surface area contributed by atoms with Crippen molar-refractivity contribution in [2.75, 3.05) is 0 Å². The molecule has 0 fully saturated rings. The van der Waals surface area contributed by atoms with Crippen LogP contribution < -0.4 is 0 Å². The third kappa shape index (κ3) is 2.29. The Labute approximate surface area is 98.1 Å². The Morgan fingerprint density at radius 2 is 2.20 bits per heavy atom. The number of phenols is 1. The fraction of sp³-hybridized carbons (Fsp3) is 0.333. The third-order valence-electron chi connectivity index (χ3n) is 2.23. The molecule has 1 heterocycles. The maximum atomic E-state index is 9.80. The van der Waals surface area contributed by atoms with Crippen LogP contribution in [0.2, 0.25) is 0 Å². The van der Waals surface area contributed by atoms with Gasteiger partial charge in [0.05, 0.1) is 0 Å². The van der Waals surface area contributed by atoms with Crippen molar-refractivity contribution < 1.29 is 5.11 Å². The van der Waals surface area contributed by atoms with Gasteiger partial charge >= 0.3 is 0 Å². The molecule has 1 nitrogen and oxygen atoms in total. The summed E-state index contributed by atoms with van der Waals surface area (Å²) in [6.45, 7) is 4.39. The van der Waals surface area contributed by atoms with Crippen LogP contribution in [-0.4, -0.2) is 10.4 Å². The van der Waals surface area contributed by atoms with E-state index >= 15 is 0 Å². The average molecular weight is 238 g/mol. The number of phenolic OH excluding ortho intramolecular Hbond substituents is 1. The Hall–Kier alpha value is -0.670. The summed E-state index contributed by atoms with van der Waals surface area (Å²) in [5.41, 5.74) is 1.26. The molecule has 80 valence electrons. The first-order chi connectivity index (χ1) is 7.18. The van der Waals surface area contributed by atoms with Crippen LogP contribution in [0.1, 0.15) is 19.4 Å². The molecule has 0 saturated heterocycles. The molecule has 0 amide bonds.